The molecule has 3 aromatic rings. The van der Waals surface area contributed by atoms with E-state index in [0.717, 1.165) is 11.1 Å². The lowest BCUT2D eigenvalue weighted by Gasteiger charge is -2.28. The van der Waals surface area contributed by atoms with Gasteiger partial charge in [0.2, 0.25) is 0 Å². The SMILES string of the molecule is O=c1nc(N2CCC(O)CC2)oc2c(-c3ccccc3)csc12. The number of thiophene rings is 1. The van der Waals surface area contributed by atoms with Crippen LogP contribution in [0, 0.1) is 0 Å². The molecule has 1 aliphatic rings. The molecule has 4 rings (SSSR count). The summed E-state index contributed by atoms with van der Waals surface area (Å²) in [5, 5.41) is 11.6. The number of benzene rings is 1. The summed E-state index contributed by atoms with van der Waals surface area (Å²) in [6, 6.07) is 10.2. The highest BCUT2D eigenvalue weighted by molar-refractivity contribution is 7.17. The second-order valence-electron chi connectivity index (χ2n) is 5.69. The van der Waals surface area contributed by atoms with Gasteiger partial charge in [-0.25, -0.2) is 0 Å². The van der Waals surface area contributed by atoms with Crippen LogP contribution in [0.2, 0.25) is 0 Å². The first-order valence-electron chi connectivity index (χ1n) is 7.63. The molecular formula is C17H16N2O3S. The van der Waals surface area contributed by atoms with Gasteiger partial charge in [-0.05, 0) is 18.4 Å². The molecule has 23 heavy (non-hydrogen) atoms. The number of hydrogen-bond donors (Lipinski definition) is 1. The smallest absolute Gasteiger partial charge is 0.301 e. The number of rotatable bonds is 2. The Morgan fingerprint density at radius 2 is 1.96 bits per heavy atom. The normalized spacial score (nSPS) is 16.1. The van der Waals surface area contributed by atoms with E-state index in [1.54, 1.807) is 0 Å². The third-order valence-electron chi connectivity index (χ3n) is 4.15. The zero-order chi connectivity index (χ0) is 15.8. The van der Waals surface area contributed by atoms with E-state index in [1.807, 2.05) is 40.6 Å². The van der Waals surface area contributed by atoms with Crippen LogP contribution >= 0.6 is 11.3 Å². The summed E-state index contributed by atoms with van der Waals surface area (Å²) >= 11 is 1.36. The fourth-order valence-electron chi connectivity index (χ4n) is 2.86. The third kappa shape index (κ3) is 2.64. The lowest BCUT2D eigenvalue weighted by Crippen LogP contribution is -2.37. The van der Waals surface area contributed by atoms with Crippen LogP contribution in [0.1, 0.15) is 12.8 Å². The number of aromatic nitrogens is 1. The number of anilines is 1. The summed E-state index contributed by atoms with van der Waals surface area (Å²) in [6.45, 7) is 1.29. The van der Waals surface area contributed by atoms with Gasteiger partial charge in [0.05, 0.1) is 6.10 Å². The van der Waals surface area contributed by atoms with E-state index in [4.69, 9.17) is 4.42 Å². The second kappa shape index (κ2) is 5.79. The Bertz CT molecular complexity index is 880. The zero-order valence-electron chi connectivity index (χ0n) is 12.4. The molecule has 0 bridgehead atoms. The van der Waals surface area contributed by atoms with E-state index >= 15 is 0 Å². The fraction of sp³-hybridized carbons (Fsp3) is 0.294. The Balaban J connectivity index is 1.81. The van der Waals surface area contributed by atoms with E-state index < -0.39 is 0 Å². The highest BCUT2D eigenvalue weighted by Gasteiger charge is 2.22. The van der Waals surface area contributed by atoms with E-state index in [9.17, 15) is 9.90 Å². The lowest BCUT2D eigenvalue weighted by molar-refractivity contribution is 0.144. The van der Waals surface area contributed by atoms with E-state index in [0.29, 0.717) is 42.2 Å². The minimum absolute atomic E-state index is 0.250. The predicted octanol–water partition coefficient (Wildman–Crippen LogP) is 2.88. The maximum atomic E-state index is 12.3. The summed E-state index contributed by atoms with van der Waals surface area (Å²) in [6.07, 6.45) is 1.06. The van der Waals surface area contributed by atoms with Gasteiger partial charge in [0.15, 0.2) is 5.58 Å². The topological polar surface area (TPSA) is 66.6 Å². The molecule has 0 aliphatic carbocycles. The quantitative estimate of drug-likeness (QED) is 0.783. The molecule has 0 saturated carbocycles. The summed E-state index contributed by atoms with van der Waals surface area (Å²) in [5.74, 6) is 0. The van der Waals surface area contributed by atoms with Crippen molar-refractivity contribution in [2.75, 3.05) is 18.0 Å². The molecule has 1 aromatic carbocycles. The fourth-order valence-corrected chi connectivity index (χ4v) is 3.74. The van der Waals surface area contributed by atoms with E-state index in [1.165, 1.54) is 11.3 Å². The summed E-state index contributed by atoms with van der Waals surface area (Å²) in [5.41, 5.74) is 2.29. The molecule has 1 aliphatic heterocycles. The largest absolute Gasteiger partial charge is 0.423 e. The zero-order valence-corrected chi connectivity index (χ0v) is 13.3. The predicted molar refractivity (Wildman–Crippen MR) is 91.0 cm³/mol. The number of hydrogen-bond acceptors (Lipinski definition) is 6. The maximum Gasteiger partial charge on any atom is 0.301 e. The van der Waals surface area contributed by atoms with Crippen LogP contribution in [-0.2, 0) is 0 Å². The molecule has 1 saturated heterocycles. The maximum absolute atomic E-state index is 12.3. The Kier molecular flexibility index (Phi) is 3.63. The van der Waals surface area contributed by atoms with Crippen molar-refractivity contribution in [3.05, 3.63) is 46.1 Å². The minimum atomic E-state index is -0.275. The van der Waals surface area contributed by atoms with Crippen molar-refractivity contribution < 1.29 is 9.52 Å². The number of piperidine rings is 1. The van der Waals surface area contributed by atoms with Gasteiger partial charge in [-0.15, -0.1) is 11.3 Å². The van der Waals surface area contributed by atoms with Crippen LogP contribution in [0.3, 0.4) is 0 Å². The molecule has 2 aromatic heterocycles. The first kappa shape index (κ1) is 14.4. The van der Waals surface area contributed by atoms with Crippen molar-refractivity contribution in [2.45, 2.75) is 18.9 Å². The first-order chi connectivity index (χ1) is 11.2. The van der Waals surface area contributed by atoms with Gasteiger partial charge in [-0.1, -0.05) is 30.3 Å². The number of aliphatic hydroxyl groups excluding tert-OH is 1. The summed E-state index contributed by atoms with van der Waals surface area (Å²) < 4.78 is 6.53. The van der Waals surface area contributed by atoms with Gasteiger partial charge in [0.1, 0.15) is 4.70 Å². The van der Waals surface area contributed by atoms with Crippen molar-refractivity contribution in [3.8, 4) is 11.1 Å². The third-order valence-corrected chi connectivity index (χ3v) is 5.10. The van der Waals surface area contributed by atoms with Crippen LogP contribution in [0.4, 0.5) is 6.01 Å². The van der Waals surface area contributed by atoms with Gasteiger partial charge >= 0.3 is 6.01 Å². The molecule has 5 nitrogen and oxygen atoms in total. The molecule has 0 unspecified atom stereocenters. The van der Waals surface area contributed by atoms with Crippen LogP contribution in [-0.4, -0.2) is 29.3 Å². The number of fused-ring (bicyclic) bond motifs is 1. The highest BCUT2D eigenvalue weighted by atomic mass is 32.1. The molecule has 118 valence electrons. The number of nitrogens with zero attached hydrogens (tertiary/aromatic N) is 2. The van der Waals surface area contributed by atoms with Crippen LogP contribution < -0.4 is 10.5 Å². The number of aliphatic hydroxyl groups is 1. The lowest BCUT2D eigenvalue weighted by atomic mass is 10.1. The van der Waals surface area contributed by atoms with Crippen LogP contribution in [0.5, 0.6) is 0 Å². The molecule has 0 amide bonds. The first-order valence-corrected chi connectivity index (χ1v) is 8.51. The Hall–Kier alpha value is -2.18. The molecule has 0 spiro atoms. The molecule has 6 heteroatoms. The summed E-state index contributed by atoms with van der Waals surface area (Å²) in [4.78, 5) is 18.3. The van der Waals surface area contributed by atoms with Crippen molar-refractivity contribution in [3.63, 3.8) is 0 Å². The molecule has 0 radical (unpaired) electrons. The average Bonchev–Trinajstić information content (AvgIpc) is 3.01. The van der Waals surface area contributed by atoms with Crippen molar-refractivity contribution in [2.24, 2.45) is 0 Å². The Morgan fingerprint density at radius 3 is 2.70 bits per heavy atom. The molecule has 1 N–H and O–H groups in total. The van der Waals surface area contributed by atoms with Crippen molar-refractivity contribution in [1.29, 1.82) is 0 Å². The average molecular weight is 328 g/mol. The molecular weight excluding hydrogens is 312 g/mol. The molecule has 1 fully saturated rings. The van der Waals surface area contributed by atoms with Gasteiger partial charge in [0, 0.05) is 24.0 Å². The van der Waals surface area contributed by atoms with E-state index in [-0.39, 0.29) is 11.7 Å². The summed E-state index contributed by atoms with van der Waals surface area (Å²) in [7, 11) is 0. The van der Waals surface area contributed by atoms with Crippen LogP contribution in [0.15, 0.2) is 44.9 Å². The van der Waals surface area contributed by atoms with E-state index in [2.05, 4.69) is 4.98 Å². The van der Waals surface area contributed by atoms with Crippen molar-refractivity contribution in [1.82, 2.24) is 4.98 Å². The standard InChI is InChI=1S/C17H16N2O3S/c20-12-6-8-19(9-7-12)17-18-16(21)15-14(22-17)13(10-23-15)11-4-2-1-3-5-11/h1-5,10,12,20H,6-9H2. The van der Waals surface area contributed by atoms with Crippen molar-refractivity contribution >= 4 is 27.6 Å². The second-order valence-corrected chi connectivity index (χ2v) is 6.57. The Morgan fingerprint density at radius 1 is 1.22 bits per heavy atom. The molecule has 3 heterocycles. The Labute approximate surface area is 136 Å². The molecule has 0 atom stereocenters. The highest BCUT2D eigenvalue weighted by Crippen LogP contribution is 2.33. The van der Waals surface area contributed by atoms with Crippen LogP contribution in [0.25, 0.3) is 21.4 Å². The minimum Gasteiger partial charge on any atom is -0.423 e. The van der Waals surface area contributed by atoms with Gasteiger partial charge in [-0.2, -0.15) is 4.98 Å². The monoisotopic (exact) mass is 328 g/mol. The van der Waals surface area contributed by atoms with Gasteiger partial charge in [-0.3, -0.25) is 4.79 Å². The van der Waals surface area contributed by atoms with Gasteiger partial charge in [0.25, 0.3) is 5.56 Å². The van der Waals surface area contributed by atoms with Gasteiger partial charge < -0.3 is 14.4 Å².